The molecule has 1 saturated heterocycles. The van der Waals surface area contributed by atoms with Gasteiger partial charge in [-0.3, -0.25) is 14.2 Å². The van der Waals surface area contributed by atoms with Crippen LogP contribution in [0.1, 0.15) is 26.9 Å². The number of benzene rings is 2. The second-order valence-electron chi connectivity index (χ2n) is 7.63. The predicted molar refractivity (Wildman–Crippen MR) is 115 cm³/mol. The molecule has 1 aromatic heterocycles. The van der Waals surface area contributed by atoms with Gasteiger partial charge in [-0.2, -0.15) is 4.98 Å². The Bertz CT molecular complexity index is 1180. The Hall–Kier alpha value is -3.70. The fourth-order valence-corrected chi connectivity index (χ4v) is 3.83. The van der Waals surface area contributed by atoms with Crippen LogP contribution in [-0.4, -0.2) is 60.4 Å². The smallest absolute Gasteiger partial charge is 0.351 e. The first-order valence-electron chi connectivity index (χ1n) is 10.0. The third-order valence-electron chi connectivity index (χ3n) is 5.54. The van der Waals surface area contributed by atoms with Crippen LogP contribution in [0, 0.1) is 0 Å². The summed E-state index contributed by atoms with van der Waals surface area (Å²) < 4.78 is 6.49. The Balaban J connectivity index is 1.81. The van der Waals surface area contributed by atoms with Gasteiger partial charge in [0.15, 0.2) is 6.23 Å². The molecule has 33 heavy (non-hydrogen) atoms. The molecule has 0 aliphatic carbocycles. The fourth-order valence-electron chi connectivity index (χ4n) is 3.83. The summed E-state index contributed by atoms with van der Waals surface area (Å²) in [6, 6.07) is 16.3. The molecule has 1 aliphatic heterocycles. The molecule has 170 valence electrons. The van der Waals surface area contributed by atoms with Crippen LogP contribution in [0.3, 0.4) is 0 Å². The second-order valence-corrected chi connectivity index (χ2v) is 7.63. The average molecular weight is 451 g/mol. The molecular formula is C23H21N3O7. The first kappa shape index (κ1) is 22.5. The number of ketones is 2. The summed E-state index contributed by atoms with van der Waals surface area (Å²) in [5.74, 6) is -2.14. The predicted octanol–water partition coefficient (Wildman–Crippen LogP) is -0.0584. The van der Waals surface area contributed by atoms with Crippen LogP contribution in [0.2, 0.25) is 0 Å². The van der Waals surface area contributed by atoms with Gasteiger partial charge in [0.25, 0.3) is 0 Å². The normalized spacial score (nSPS) is 22.8. The highest BCUT2D eigenvalue weighted by Crippen LogP contribution is 2.37. The van der Waals surface area contributed by atoms with Crippen LogP contribution in [-0.2, 0) is 4.74 Å². The number of nitrogen functional groups attached to an aromatic ring is 1. The van der Waals surface area contributed by atoms with E-state index in [9.17, 15) is 29.7 Å². The van der Waals surface area contributed by atoms with Crippen LogP contribution in [0.25, 0.3) is 0 Å². The van der Waals surface area contributed by atoms with Gasteiger partial charge in [-0.15, -0.1) is 0 Å². The molecule has 1 aliphatic rings. The summed E-state index contributed by atoms with van der Waals surface area (Å²) in [5, 5.41) is 33.0. The van der Waals surface area contributed by atoms with E-state index in [1.54, 1.807) is 36.4 Å². The van der Waals surface area contributed by atoms with E-state index in [1.165, 1.54) is 36.5 Å². The molecule has 0 unspecified atom stereocenters. The van der Waals surface area contributed by atoms with Gasteiger partial charge in [-0.05, 0) is 6.07 Å². The van der Waals surface area contributed by atoms with Crippen LogP contribution in [0.5, 0.6) is 0 Å². The maximum absolute atomic E-state index is 13.4. The Morgan fingerprint density at radius 2 is 1.42 bits per heavy atom. The number of aliphatic hydroxyl groups excluding tert-OH is 2. The number of ether oxygens (including phenoxy) is 1. The van der Waals surface area contributed by atoms with Crippen LogP contribution in [0.4, 0.5) is 5.82 Å². The summed E-state index contributed by atoms with van der Waals surface area (Å²) in [6.07, 6.45) is -5.92. The number of carbonyl (C=O) groups excluding carboxylic acids is 2. The minimum absolute atomic E-state index is 0.00987. The highest BCUT2D eigenvalue weighted by molar-refractivity contribution is 6.23. The van der Waals surface area contributed by atoms with Crippen molar-refractivity contribution >= 4 is 17.4 Å². The largest absolute Gasteiger partial charge is 0.387 e. The average Bonchev–Trinajstić information content (AvgIpc) is 3.13. The van der Waals surface area contributed by atoms with E-state index in [0.29, 0.717) is 0 Å². The summed E-state index contributed by atoms with van der Waals surface area (Å²) in [4.78, 5) is 42.7. The van der Waals surface area contributed by atoms with E-state index >= 15 is 0 Å². The van der Waals surface area contributed by atoms with Crippen molar-refractivity contribution in [3.05, 3.63) is 94.5 Å². The lowest BCUT2D eigenvalue weighted by atomic mass is 9.79. The highest BCUT2D eigenvalue weighted by Gasteiger charge is 2.61. The molecule has 0 radical (unpaired) electrons. The molecule has 10 nitrogen and oxygen atoms in total. The van der Waals surface area contributed by atoms with E-state index in [2.05, 4.69) is 4.98 Å². The van der Waals surface area contributed by atoms with Crippen LogP contribution in [0.15, 0.2) is 77.7 Å². The van der Waals surface area contributed by atoms with Crippen molar-refractivity contribution < 1.29 is 29.6 Å². The van der Waals surface area contributed by atoms with E-state index in [0.717, 1.165) is 4.57 Å². The van der Waals surface area contributed by atoms with Gasteiger partial charge in [0.2, 0.25) is 17.2 Å². The van der Waals surface area contributed by atoms with Crippen molar-refractivity contribution in [3.8, 4) is 0 Å². The van der Waals surface area contributed by atoms with Crippen LogP contribution < -0.4 is 11.4 Å². The van der Waals surface area contributed by atoms with Gasteiger partial charge in [0.05, 0.1) is 0 Å². The minimum atomic E-state index is -2.91. The van der Waals surface area contributed by atoms with Crippen molar-refractivity contribution in [2.75, 3.05) is 5.73 Å². The molecule has 5 N–H and O–H groups in total. The maximum atomic E-state index is 13.4. The number of nitrogens with two attached hydrogens (primary N) is 1. The van der Waals surface area contributed by atoms with Crippen molar-refractivity contribution in [1.82, 2.24) is 9.55 Å². The lowest BCUT2D eigenvalue weighted by molar-refractivity contribution is -0.104. The van der Waals surface area contributed by atoms with E-state index < -0.39 is 47.4 Å². The van der Waals surface area contributed by atoms with Gasteiger partial charge >= 0.3 is 5.69 Å². The topological polar surface area (TPSA) is 165 Å². The monoisotopic (exact) mass is 451 g/mol. The summed E-state index contributed by atoms with van der Waals surface area (Å²) in [6.45, 7) is 0. The first-order chi connectivity index (χ1) is 15.7. The third kappa shape index (κ3) is 3.85. The van der Waals surface area contributed by atoms with E-state index in [1.807, 2.05) is 0 Å². The van der Waals surface area contributed by atoms with Crippen molar-refractivity contribution in [3.63, 3.8) is 0 Å². The molecular weight excluding hydrogens is 430 g/mol. The Labute approximate surface area is 187 Å². The van der Waals surface area contributed by atoms with Crippen molar-refractivity contribution in [1.29, 1.82) is 0 Å². The Kier molecular flexibility index (Phi) is 5.91. The molecule has 2 heterocycles. The van der Waals surface area contributed by atoms with Gasteiger partial charge in [-0.25, -0.2) is 4.79 Å². The highest BCUT2D eigenvalue weighted by atomic mass is 16.6. The molecule has 0 spiro atoms. The molecule has 4 rings (SSSR count). The fraction of sp³-hybridized carbons (Fsp3) is 0.217. The van der Waals surface area contributed by atoms with Crippen molar-refractivity contribution in [2.45, 2.75) is 30.1 Å². The zero-order valence-electron chi connectivity index (χ0n) is 17.2. The number of aromatic nitrogens is 2. The number of hydrogen-bond donors (Lipinski definition) is 4. The molecule has 2 aromatic carbocycles. The molecule has 3 aromatic rings. The number of hydrogen-bond acceptors (Lipinski definition) is 9. The standard InChI is InChI=1S/C23H21N3O7/c24-15-11-12-26(22(31)25-15)21-17(28)16(27)20(33-21)23(32,18(29)13-7-3-1-4-8-13)19(30)14-9-5-2-6-10-14/h1-12,16-17,20-21,27-28,32H,(H2,24,25,31)/t16-,17+,20-,21+/m0/s1. The van der Waals surface area contributed by atoms with Crippen molar-refractivity contribution in [2.24, 2.45) is 0 Å². The van der Waals surface area contributed by atoms with Gasteiger partial charge in [0.1, 0.15) is 24.1 Å². The molecule has 1 fully saturated rings. The molecule has 0 amide bonds. The number of carbonyl (C=O) groups is 2. The summed E-state index contributed by atoms with van der Waals surface area (Å²) in [5.41, 5.74) is 1.66. The van der Waals surface area contributed by atoms with Gasteiger partial charge in [-0.1, -0.05) is 60.7 Å². The zero-order valence-corrected chi connectivity index (χ0v) is 17.2. The number of nitrogens with zero attached hydrogens (tertiary/aromatic N) is 2. The molecule has 10 heteroatoms. The number of rotatable bonds is 6. The molecule has 0 bridgehead atoms. The lowest BCUT2D eigenvalue weighted by Gasteiger charge is -2.32. The van der Waals surface area contributed by atoms with E-state index in [-0.39, 0.29) is 16.9 Å². The number of Topliss-reactive ketones (excluding diaryl/α,β-unsaturated/α-hetero) is 2. The Morgan fingerprint density at radius 3 is 1.91 bits per heavy atom. The lowest BCUT2D eigenvalue weighted by Crippen LogP contribution is -2.60. The van der Waals surface area contributed by atoms with E-state index in [4.69, 9.17) is 10.5 Å². The van der Waals surface area contributed by atoms with Gasteiger partial charge < -0.3 is 25.8 Å². The second kappa shape index (κ2) is 8.68. The molecule has 0 saturated carbocycles. The van der Waals surface area contributed by atoms with Gasteiger partial charge in [0, 0.05) is 17.3 Å². The quantitative estimate of drug-likeness (QED) is 0.297. The number of anilines is 1. The minimum Gasteiger partial charge on any atom is -0.387 e. The summed E-state index contributed by atoms with van der Waals surface area (Å²) >= 11 is 0. The van der Waals surface area contributed by atoms with Crippen LogP contribution >= 0.6 is 0 Å². The Morgan fingerprint density at radius 1 is 0.909 bits per heavy atom. The third-order valence-corrected chi connectivity index (χ3v) is 5.54. The molecule has 4 atom stereocenters. The maximum Gasteiger partial charge on any atom is 0.351 e. The SMILES string of the molecule is Nc1ccn([C@@H]2O[C@H](C(O)(C(=O)c3ccccc3)C(=O)c3ccccc3)[C@@H](O)[C@H]2O)c(=O)n1. The zero-order chi connectivity index (χ0) is 23.8. The first-order valence-corrected chi connectivity index (χ1v) is 10.0. The summed E-state index contributed by atoms with van der Waals surface area (Å²) in [7, 11) is 0. The number of aliphatic hydroxyl groups is 3.